The molecule has 0 aromatic rings. The van der Waals surface area contributed by atoms with Gasteiger partial charge in [-0.05, 0) is 339 Å². The molecule has 4 unspecified atom stereocenters. The van der Waals surface area contributed by atoms with Crippen LogP contribution in [-0.2, 0) is 4.74 Å². The molecule has 518 valence electrons. The Kier molecular flexibility index (Phi) is 42.7. The van der Waals surface area contributed by atoms with Crippen molar-refractivity contribution in [3.05, 3.63) is 0 Å². The highest BCUT2D eigenvalue weighted by Gasteiger charge is 2.31. The van der Waals surface area contributed by atoms with Gasteiger partial charge in [0.15, 0.2) is 0 Å². The zero-order chi connectivity index (χ0) is 61.9. The molecule has 14 aliphatic rings. The van der Waals surface area contributed by atoms with E-state index in [9.17, 15) is 0 Å². The Labute approximate surface area is 546 Å². The van der Waals surface area contributed by atoms with E-state index in [0.29, 0.717) is 6.04 Å². The van der Waals surface area contributed by atoms with Crippen molar-refractivity contribution in [3.63, 3.8) is 0 Å². The first kappa shape index (κ1) is 76.5. The molecule has 14 rings (SSSR count). The number of rotatable bonds is 8. The number of morpholine rings is 1. The highest BCUT2D eigenvalue weighted by molar-refractivity contribution is 4.86. The number of hydrogen-bond donors (Lipinski definition) is 8. The van der Waals surface area contributed by atoms with E-state index >= 15 is 0 Å². The third-order valence-electron chi connectivity index (χ3n) is 23.5. The van der Waals surface area contributed by atoms with Crippen molar-refractivity contribution in [2.24, 2.45) is 47.2 Å². The zero-order valence-corrected chi connectivity index (χ0v) is 59.2. The summed E-state index contributed by atoms with van der Waals surface area (Å²) in [6.45, 7) is 41.2. The van der Waals surface area contributed by atoms with Crippen LogP contribution in [0.25, 0.3) is 0 Å². The topological polar surface area (TPSA) is 132 Å². The lowest BCUT2D eigenvalue weighted by atomic mass is 9.83. The molecule has 10 heterocycles. The molecule has 0 amide bonds. The second kappa shape index (κ2) is 49.1. The lowest BCUT2D eigenvalue weighted by Crippen LogP contribution is -2.46. The zero-order valence-electron chi connectivity index (χ0n) is 59.2. The molecule has 88 heavy (non-hydrogen) atoms. The van der Waals surface area contributed by atoms with Crippen LogP contribution >= 0.6 is 0 Å². The molecule has 0 spiro atoms. The first-order valence-corrected chi connectivity index (χ1v) is 39.5. The Hall–Kier alpha value is -0.520. The first-order valence-electron chi connectivity index (χ1n) is 39.5. The summed E-state index contributed by atoms with van der Waals surface area (Å²) in [5.74, 6) is 7.31. The van der Waals surface area contributed by atoms with E-state index in [-0.39, 0.29) is 0 Å². The highest BCUT2D eigenvalue weighted by Crippen LogP contribution is 2.40. The van der Waals surface area contributed by atoms with Crippen LogP contribution in [0.1, 0.15) is 253 Å². The van der Waals surface area contributed by atoms with Crippen molar-refractivity contribution < 1.29 is 4.74 Å². The summed E-state index contributed by atoms with van der Waals surface area (Å²) in [6, 6.07) is 4.19. The van der Waals surface area contributed by atoms with Gasteiger partial charge in [0.2, 0.25) is 0 Å². The molecular formula is C75H152N12O. The standard InChI is InChI=1S/C11H22N2.2C11H21N.2C10H20N2.C9H19N.C5H11N.C4H9NO.C4H9N/c1-10-4-8-13(9-5-10)11-2-6-12-7-3-11;2*1-9-2-3-11(8-9)10-4-6-12-7-5-10;2*1-2-8-12(9-3-1)10-4-6-11-7-5-10;1-3-10(4-2)9-7-5-6-8-9;6-5-3-1-2-4-5;1-3-6-4-2-5-1;1-2-4-5-3-1/h10-12H,2-9H2,1H3;2*9-12H,2-8H2,1H3;2*10-11H,1-9H2;9H,3-8H2,1-2H3;5H,1-4,6H2;5H,1-4H2;5H,1-4H2. The number of nitrogens with zero attached hydrogens (tertiary/aromatic N) is 4. The molecule has 4 aliphatic carbocycles. The fourth-order valence-electron chi connectivity index (χ4n) is 17.6. The van der Waals surface area contributed by atoms with Crippen molar-refractivity contribution in [3.8, 4) is 0 Å². The van der Waals surface area contributed by atoms with Crippen LogP contribution in [-0.4, -0.2) is 207 Å². The average molecular weight is 1240 g/mol. The van der Waals surface area contributed by atoms with Crippen LogP contribution in [0.2, 0.25) is 0 Å². The molecule has 4 saturated carbocycles. The second-order valence-corrected chi connectivity index (χ2v) is 30.4. The van der Waals surface area contributed by atoms with Crippen LogP contribution in [0.3, 0.4) is 0 Å². The Balaban J connectivity index is 0.000000160. The maximum Gasteiger partial charge on any atom is 0.0591 e. The maximum absolute atomic E-state index is 5.53. The van der Waals surface area contributed by atoms with Crippen LogP contribution in [0.15, 0.2) is 0 Å². The van der Waals surface area contributed by atoms with E-state index in [0.717, 1.165) is 91.9 Å². The van der Waals surface area contributed by atoms with Gasteiger partial charge in [-0.2, -0.15) is 0 Å². The molecule has 9 N–H and O–H groups in total. The molecular weight excluding hydrogens is 1080 g/mol. The van der Waals surface area contributed by atoms with Gasteiger partial charge >= 0.3 is 0 Å². The van der Waals surface area contributed by atoms with Gasteiger partial charge in [0.25, 0.3) is 0 Å². The minimum absolute atomic E-state index is 0.546. The monoisotopic (exact) mass is 1240 g/mol. The number of ether oxygens (including phenoxy) is 1. The van der Waals surface area contributed by atoms with Crippen molar-refractivity contribution in [2.45, 2.75) is 283 Å². The Morgan fingerprint density at radius 2 is 0.659 bits per heavy atom. The van der Waals surface area contributed by atoms with Crippen LogP contribution < -0.4 is 43.0 Å². The maximum atomic E-state index is 5.53. The van der Waals surface area contributed by atoms with E-state index < -0.39 is 0 Å². The van der Waals surface area contributed by atoms with Gasteiger partial charge in [0.05, 0.1) is 13.2 Å². The van der Waals surface area contributed by atoms with Gasteiger partial charge in [-0.25, -0.2) is 0 Å². The second-order valence-electron chi connectivity index (χ2n) is 30.4. The smallest absolute Gasteiger partial charge is 0.0591 e. The summed E-state index contributed by atoms with van der Waals surface area (Å²) < 4.78 is 5.01. The molecule has 0 aromatic carbocycles. The number of hydrogen-bond acceptors (Lipinski definition) is 13. The van der Waals surface area contributed by atoms with Gasteiger partial charge in [-0.15, -0.1) is 0 Å². The summed E-state index contributed by atoms with van der Waals surface area (Å²) in [7, 11) is 0. The molecule has 0 radical (unpaired) electrons. The van der Waals surface area contributed by atoms with Crippen LogP contribution in [0, 0.1) is 41.4 Å². The fourth-order valence-corrected chi connectivity index (χ4v) is 17.6. The quantitative estimate of drug-likeness (QED) is 0.117. The Morgan fingerprint density at radius 3 is 0.943 bits per heavy atom. The minimum Gasteiger partial charge on any atom is -0.379 e. The number of nitrogens with one attached hydrogen (secondary N) is 7. The Morgan fingerprint density at radius 1 is 0.318 bits per heavy atom. The molecule has 0 bridgehead atoms. The molecule has 0 aromatic heterocycles. The summed E-state index contributed by atoms with van der Waals surface area (Å²) in [6.07, 6.45) is 48.4. The lowest BCUT2D eigenvalue weighted by molar-refractivity contribution is 0.109. The molecule has 10 saturated heterocycles. The van der Waals surface area contributed by atoms with Gasteiger partial charge in [0, 0.05) is 43.3 Å². The first-order chi connectivity index (χ1) is 43.3. The van der Waals surface area contributed by atoms with Crippen molar-refractivity contribution in [1.29, 1.82) is 0 Å². The summed E-state index contributed by atoms with van der Waals surface area (Å²) in [5.41, 5.74) is 5.53. The van der Waals surface area contributed by atoms with Gasteiger partial charge in [0.1, 0.15) is 0 Å². The van der Waals surface area contributed by atoms with Gasteiger partial charge < -0.3 is 67.3 Å². The molecule has 14 fully saturated rings. The summed E-state index contributed by atoms with van der Waals surface area (Å²) >= 11 is 0. The largest absolute Gasteiger partial charge is 0.379 e. The fraction of sp³-hybridized carbons (Fsp3) is 1.00. The van der Waals surface area contributed by atoms with Crippen molar-refractivity contribution in [1.82, 2.24) is 56.8 Å². The van der Waals surface area contributed by atoms with Crippen molar-refractivity contribution in [2.75, 3.05) is 157 Å². The van der Waals surface area contributed by atoms with Crippen LogP contribution in [0.5, 0.6) is 0 Å². The molecule has 10 aliphatic heterocycles. The predicted molar refractivity (Wildman–Crippen MR) is 380 cm³/mol. The SMILES string of the molecule is C1CCN(C2CCNCC2)CC1.C1CCN(C2CCNCC2)CC1.C1CCNC1.C1COCCN1.CC1CCC(C2CCNCC2)C1.CC1CCC(C2CCNCC2)C1.CC1CCN(C2CCNCC2)CC1.CCN(CC)C1CCCC1.NC1CCCC1. The van der Waals surface area contributed by atoms with Gasteiger partial charge in [-0.1, -0.05) is 86.0 Å². The number of piperidine rings is 8. The van der Waals surface area contributed by atoms with E-state index in [1.165, 1.54) is 349 Å². The van der Waals surface area contributed by atoms with Gasteiger partial charge in [-0.3, -0.25) is 0 Å². The highest BCUT2D eigenvalue weighted by atomic mass is 16.5. The van der Waals surface area contributed by atoms with E-state index in [1.54, 1.807) is 0 Å². The summed E-state index contributed by atoms with van der Waals surface area (Å²) in [5, 5.41) is 23.6. The third-order valence-corrected chi connectivity index (χ3v) is 23.5. The minimum atomic E-state index is 0.546. The van der Waals surface area contributed by atoms with E-state index in [4.69, 9.17) is 10.5 Å². The molecule has 13 heteroatoms. The van der Waals surface area contributed by atoms with Crippen LogP contribution in [0.4, 0.5) is 0 Å². The number of nitrogens with two attached hydrogens (primary N) is 1. The Bertz CT molecular complexity index is 1370. The number of likely N-dealkylation sites (tertiary alicyclic amines) is 3. The molecule has 4 atom stereocenters. The van der Waals surface area contributed by atoms with E-state index in [2.05, 4.69) is 91.4 Å². The third kappa shape index (κ3) is 32.8. The van der Waals surface area contributed by atoms with E-state index in [1.807, 2.05) is 0 Å². The average Bonchev–Trinajstić information content (AvgIpc) is 4.64. The predicted octanol–water partition coefficient (Wildman–Crippen LogP) is 11.9. The normalized spacial score (nSPS) is 29.9. The summed E-state index contributed by atoms with van der Waals surface area (Å²) in [4.78, 5) is 10.7. The van der Waals surface area contributed by atoms with Crippen molar-refractivity contribution >= 4 is 0 Å². The molecule has 13 nitrogen and oxygen atoms in total. The lowest BCUT2D eigenvalue weighted by Gasteiger charge is -2.38.